The molecule has 0 radical (unpaired) electrons. The highest BCUT2D eigenvalue weighted by molar-refractivity contribution is 14.1. The first-order chi connectivity index (χ1) is 8.49. The number of hydrogen-bond donors (Lipinski definition) is 1. The number of benzene rings is 1. The average molecular weight is 359 g/mol. The third-order valence-electron chi connectivity index (χ3n) is 3.31. The summed E-state index contributed by atoms with van der Waals surface area (Å²) >= 11 is 2.18. The van der Waals surface area contributed by atoms with E-state index in [4.69, 9.17) is 5.11 Å². The smallest absolute Gasteiger partial charge is 0.308 e. The van der Waals surface area contributed by atoms with E-state index in [2.05, 4.69) is 22.6 Å². The number of amides is 1. The number of carbonyl (C=O) groups is 2. The summed E-state index contributed by atoms with van der Waals surface area (Å²) in [5.41, 5.74) is 0.619. The molecular formula is C13H14INO3. The van der Waals surface area contributed by atoms with E-state index in [1.807, 2.05) is 19.1 Å². The molecule has 0 spiro atoms. The van der Waals surface area contributed by atoms with Gasteiger partial charge in [0.25, 0.3) is 5.91 Å². The van der Waals surface area contributed by atoms with Crippen LogP contribution in [0.5, 0.6) is 0 Å². The summed E-state index contributed by atoms with van der Waals surface area (Å²) in [4.78, 5) is 24.9. The number of rotatable bonds is 2. The van der Waals surface area contributed by atoms with Gasteiger partial charge in [-0.3, -0.25) is 9.59 Å². The summed E-state index contributed by atoms with van der Waals surface area (Å²) in [5, 5.41) is 9.05. The zero-order valence-electron chi connectivity index (χ0n) is 9.97. The fraction of sp³-hybridized carbons (Fsp3) is 0.385. The fourth-order valence-corrected chi connectivity index (χ4v) is 2.59. The fourth-order valence-electron chi connectivity index (χ4n) is 2.23. The third-order valence-corrected chi connectivity index (χ3v) is 4.03. The van der Waals surface area contributed by atoms with Gasteiger partial charge in [0, 0.05) is 22.2 Å². The van der Waals surface area contributed by atoms with Gasteiger partial charge >= 0.3 is 5.97 Å². The Morgan fingerprint density at radius 2 is 1.89 bits per heavy atom. The second-order valence-corrected chi connectivity index (χ2v) is 5.88. The second kappa shape index (κ2) is 5.26. The first-order valence-electron chi connectivity index (χ1n) is 5.76. The molecule has 96 valence electrons. The minimum Gasteiger partial charge on any atom is -0.481 e. The molecule has 0 bridgehead atoms. The molecule has 2 rings (SSSR count). The highest BCUT2D eigenvalue weighted by Gasteiger charge is 2.37. The van der Waals surface area contributed by atoms with E-state index in [1.165, 1.54) is 0 Å². The van der Waals surface area contributed by atoms with Crippen molar-refractivity contribution in [1.29, 1.82) is 0 Å². The molecule has 1 fully saturated rings. The molecule has 0 aromatic heterocycles. The van der Waals surface area contributed by atoms with Gasteiger partial charge < -0.3 is 10.0 Å². The largest absolute Gasteiger partial charge is 0.481 e. The Kier molecular flexibility index (Phi) is 3.89. The Labute approximate surface area is 119 Å². The van der Waals surface area contributed by atoms with Crippen molar-refractivity contribution in [2.75, 3.05) is 13.1 Å². The van der Waals surface area contributed by atoms with Gasteiger partial charge in [-0.2, -0.15) is 0 Å². The average Bonchev–Trinajstić information content (AvgIpc) is 2.71. The van der Waals surface area contributed by atoms with E-state index in [0.717, 1.165) is 3.57 Å². The highest BCUT2D eigenvalue weighted by atomic mass is 127. The topological polar surface area (TPSA) is 57.6 Å². The van der Waals surface area contributed by atoms with Crippen LogP contribution >= 0.6 is 22.6 Å². The summed E-state index contributed by atoms with van der Waals surface area (Å²) in [6, 6.07) is 7.32. The molecule has 2 unspecified atom stereocenters. The van der Waals surface area contributed by atoms with Crippen LogP contribution in [0.15, 0.2) is 24.3 Å². The monoisotopic (exact) mass is 359 g/mol. The lowest BCUT2D eigenvalue weighted by molar-refractivity contribution is -0.142. The minimum atomic E-state index is -0.819. The van der Waals surface area contributed by atoms with Crippen LogP contribution in [-0.2, 0) is 4.79 Å². The number of nitrogens with zero attached hydrogens (tertiary/aromatic N) is 1. The van der Waals surface area contributed by atoms with Gasteiger partial charge in [-0.05, 0) is 52.8 Å². The number of carboxylic acid groups (broad SMARTS) is 1. The van der Waals surface area contributed by atoms with Crippen LogP contribution in [0, 0.1) is 15.4 Å². The van der Waals surface area contributed by atoms with E-state index in [0.29, 0.717) is 18.7 Å². The number of hydrogen-bond acceptors (Lipinski definition) is 2. The Balaban J connectivity index is 2.12. The Hall–Kier alpha value is -1.11. The van der Waals surface area contributed by atoms with Gasteiger partial charge in [0.05, 0.1) is 5.92 Å². The summed E-state index contributed by atoms with van der Waals surface area (Å²) in [6.07, 6.45) is 0. The first-order valence-corrected chi connectivity index (χ1v) is 6.84. The molecular weight excluding hydrogens is 345 g/mol. The predicted molar refractivity (Wildman–Crippen MR) is 75.4 cm³/mol. The van der Waals surface area contributed by atoms with E-state index >= 15 is 0 Å². The number of carboxylic acids is 1. The van der Waals surface area contributed by atoms with Crippen LogP contribution < -0.4 is 0 Å². The number of carbonyl (C=O) groups excluding carboxylic acids is 1. The molecule has 0 saturated carbocycles. The molecule has 4 nitrogen and oxygen atoms in total. The molecule has 1 aromatic rings. The van der Waals surface area contributed by atoms with Crippen molar-refractivity contribution in [3.8, 4) is 0 Å². The lowest BCUT2D eigenvalue weighted by Crippen LogP contribution is -2.29. The van der Waals surface area contributed by atoms with E-state index in [1.54, 1.807) is 17.0 Å². The molecule has 5 heteroatoms. The molecule has 1 aliphatic heterocycles. The molecule has 1 amide bonds. The lowest BCUT2D eigenvalue weighted by atomic mass is 9.99. The van der Waals surface area contributed by atoms with Gasteiger partial charge in [-0.25, -0.2) is 0 Å². The van der Waals surface area contributed by atoms with Crippen molar-refractivity contribution >= 4 is 34.5 Å². The first kappa shape index (κ1) is 13.3. The van der Waals surface area contributed by atoms with Gasteiger partial charge in [-0.15, -0.1) is 0 Å². The van der Waals surface area contributed by atoms with Crippen molar-refractivity contribution in [1.82, 2.24) is 4.90 Å². The third kappa shape index (κ3) is 2.66. The maximum atomic E-state index is 12.2. The van der Waals surface area contributed by atoms with Crippen LogP contribution in [0.2, 0.25) is 0 Å². The number of halogens is 1. The zero-order valence-corrected chi connectivity index (χ0v) is 12.1. The lowest BCUT2D eigenvalue weighted by Gasteiger charge is -2.15. The molecule has 2 atom stereocenters. The summed E-state index contributed by atoms with van der Waals surface area (Å²) < 4.78 is 1.07. The van der Waals surface area contributed by atoms with Crippen LogP contribution in [0.25, 0.3) is 0 Å². The molecule has 1 aliphatic rings. The maximum Gasteiger partial charge on any atom is 0.308 e. The van der Waals surface area contributed by atoms with Gasteiger partial charge in [0.1, 0.15) is 0 Å². The molecule has 1 aromatic carbocycles. The van der Waals surface area contributed by atoms with E-state index in [-0.39, 0.29) is 11.8 Å². The van der Waals surface area contributed by atoms with Crippen LogP contribution in [-0.4, -0.2) is 35.0 Å². The number of likely N-dealkylation sites (tertiary alicyclic amines) is 1. The van der Waals surface area contributed by atoms with Gasteiger partial charge in [-0.1, -0.05) is 6.92 Å². The normalized spacial score (nSPS) is 23.1. The van der Waals surface area contributed by atoms with Crippen LogP contribution in [0.3, 0.4) is 0 Å². The van der Waals surface area contributed by atoms with Crippen molar-refractivity contribution < 1.29 is 14.7 Å². The minimum absolute atomic E-state index is 0.00954. The number of aliphatic carboxylic acids is 1. The standard InChI is InChI=1S/C13H14INO3/c1-8-6-15(7-11(8)13(17)18)12(16)9-2-4-10(14)5-3-9/h2-5,8,11H,6-7H2,1H3,(H,17,18). The van der Waals surface area contributed by atoms with Gasteiger partial charge in [0.2, 0.25) is 0 Å². The SMILES string of the molecule is CC1CN(C(=O)c2ccc(I)cc2)CC1C(=O)O. The van der Waals surface area contributed by atoms with Crippen LogP contribution in [0.1, 0.15) is 17.3 Å². The van der Waals surface area contributed by atoms with Crippen LogP contribution in [0.4, 0.5) is 0 Å². The Bertz CT molecular complexity index is 472. The summed E-state index contributed by atoms with van der Waals surface area (Å²) in [5.74, 6) is -1.34. The summed E-state index contributed by atoms with van der Waals surface area (Å²) in [7, 11) is 0. The van der Waals surface area contributed by atoms with Crippen molar-refractivity contribution in [3.05, 3.63) is 33.4 Å². The quantitative estimate of drug-likeness (QED) is 0.823. The molecule has 1 N–H and O–H groups in total. The predicted octanol–water partition coefficient (Wildman–Crippen LogP) is 2.08. The zero-order chi connectivity index (χ0) is 13.3. The Morgan fingerprint density at radius 1 is 1.28 bits per heavy atom. The maximum absolute atomic E-state index is 12.2. The van der Waals surface area contributed by atoms with Crippen molar-refractivity contribution in [3.63, 3.8) is 0 Å². The summed E-state index contributed by atoms with van der Waals surface area (Å²) in [6.45, 7) is 2.70. The van der Waals surface area contributed by atoms with Gasteiger partial charge in [0.15, 0.2) is 0 Å². The van der Waals surface area contributed by atoms with E-state index < -0.39 is 11.9 Å². The van der Waals surface area contributed by atoms with E-state index in [9.17, 15) is 9.59 Å². The highest BCUT2D eigenvalue weighted by Crippen LogP contribution is 2.24. The van der Waals surface area contributed by atoms with Crippen molar-refractivity contribution in [2.24, 2.45) is 11.8 Å². The molecule has 1 heterocycles. The molecule has 0 aliphatic carbocycles. The molecule has 1 saturated heterocycles. The second-order valence-electron chi connectivity index (χ2n) is 4.64. The Morgan fingerprint density at radius 3 is 2.39 bits per heavy atom. The van der Waals surface area contributed by atoms with Crippen molar-refractivity contribution in [2.45, 2.75) is 6.92 Å². The molecule has 18 heavy (non-hydrogen) atoms.